The van der Waals surface area contributed by atoms with Crippen LogP contribution in [0.25, 0.3) is 17.1 Å². The third-order valence-electron chi connectivity index (χ3n) is 4.93. The number of anilines is 1. The number of hydrogen-bond acceptors (Lipinski definition) is 5. The maximum Gasteiger partial charge on any atom is 0.573 e. The fourth-order valence-corrected chi connectivity index (χ4v) is 3.61. The Morgan fingerprint density at radius 3 is 2.31 bits per heavy atom. The lowest BCUT2D eigenvalue weighted by atomic mass is 10.1. The topological polar surface area (TPSA) is 76.4 Å². The molecule has 15 heteroatoms. The minimum atomic E-state index is -4.78. The van der Waals surface area contributed by atoms with Gasteiger partial charge in [0.05, 0.1) is 28.2 Å². The van der Waals surface area contributed by atoms with Gasteiger partial charge in [0.1, 0.15) is 12.1 Å². The van der Waals surface area contributed by atoms with Crippen molar-refractivity contribution in [3.05, 3.63) is 89.2 Å². The third-order valence-corrected chi connectivity index (χ3v) is 5.44. The van der Waals surface area contributed by atoms with Crippen molar-refractivity contribution in [1.29, 1.82) is 0 Å². The number of nitrogens with zero attached hydrogens (tertiary/aromatic N) is 4. The van der Waals surface area contributed by atoms with Crippen molar-refractivity contribution < 1.29 is 31.1 Å². The van der Waals surface area contributed by atoms with Gasteiger partial charge in [0, 0.05) is 5.56 Å². The summed E-state index contributed by atoms with van der Waals surface area (Å²) in [5.74, 6) is 0.00242. The van der Waals surface area contributed by atoms with Crippen molar-refractivity contribution >= 4 is 40.8 Å². The minimum absolute atomic E-state index is 0.155. The van der Waals surface area contributed by atoms with Crippen LogP contribution < -0.4 is 15.5 Å². The summed E-state index contributed by atoms with van der Waals surface area (Å²) >= 11 is 10.9. The summed E-state index contributed by atoms with van der Waals surface area (Å²) in [4.78, 5) is 4.21. The van der Waals surface area contributed by atoms with Gasteiger partial charge in [-0.2, -0.15) is 18.3 Å². The van der Waals surface area contributed by atoms with Crippen LogP contribution in [0, 0.1) is 0 Å². The monoisotopic (exact) mass is 584 g/mol. The average molecular weight is 585 g/mol. The second kappa shape index (κ2) is 11.3. The van der Waals surface area contributed by atoms with Crippen LogP contribution in [-0.2, 0) is 6.18 Å². The van der Waals surface area contributed by atoms with E-state index in [1.54, 1.807) is 24.3 Å². The predicted octanol–water partition coefficient (Wildman–Crippen LogP) is 6.83. The molecule has 0 spiro atoms. The number of alkyl halides is 6. The molecule has 39 heavy (non-hydrogen) atoms. The Bertz CT molecular complexity index is 1490. The maximum atomic E-state index is 13.2. The number of para-hydroxylation sites is 1. The lowest BCUT2D eigenvalue weighted by Crippen LogP contribution is -2.25. The summed E-state index contributed by atoms with van der Waals surface area (Å²) in [6, 6.07) is 15.3. The van der Waals surface area contributed by atoms with Gasteiger partial charge < -0.3 is 10.1 Å². The van der Waals surface area contributed by atoms with E-state index in [4.69, 9.17) is 23.8 Å². The van der Waals surface area contributed by atoms with Crippen molar-refractivity contribution in [1.82, 2.24) is 20.2 Å². The second-order valence-electron chi connectivity index (χ2n) is 7.66. The molecule has 0 aliphatic heterocycles. The van der Waals surface area contributed by atoms with Crippen molar-refractivity contribution in [3.63, 3.8) is 0 Å². The Balaban J connectivity index is 1.37. The number of benzene rings is 3. The van der Waals surface area contributed by atoms with E-state index < -0.39 is 18.1 Å². The van der Waals surface area contributed by atoms with Gasteiger partial charge in [-0.3, -0.25) is 5.43 Å². The van der Waals surface area contributed by atoms with Crippen LogP contribution in [-0.4, -0.2) is 32.5 Å². The summed E-state index contributed by atoms with van der Waals surface area (Å²) in [7, 11) is 0. The van der Waals surface area contributed by atoms with Gasteiger partial charge in [-0.05, 0) is 54.2 Å². The molecule has 7 nitrogen and oxygen atoms in total. The van der Waals surface area contributed by atoms with Gasteiger partial charge in [0.2, 0.25) is 0 Å². The van der Waals surface area contributed by atoms with E-state index in [0.717, 1.165) is 18.2 Å². The third kappa shape index (κ3) is 7.45. The van der Waals surface area contributed by atoms with E-state index in [-0.39, 0.29) is 21.6 Å². The van der Waals surface area contributed by atoms with Crippen molar-refractivity contribution in [2.24, 2.45) is 5.10 Å². The quantitative estimate of drug-likeness (QED) is 0.112. The SMILES string of the molecule is FC(F)(F)Oc1ccc(-n2cnc(-c3ccc(C=NNC(=S)Nc4c(Cl)cccc4C(F)(F)F)cc3)n2)cc1. The normalized spacial score (nSPS) is 12.0. The number of hydrazone groups is 1. The number of nitrogens with one attached hydrogen (secondary N) is 2. The smallest absolute Gasteiger partial charge is 0.406 e. The molecule has 202 valence electrons. The number of halogens is 7. The van der Waals surface area contributed by atoms with Gasteiger partial charge in [-0.1, -0.05) is 41.9 Å². The molecular formula is C24H15ClF6N6OS. The Kier molecular flexibility index (Phi) is 8.06. The average Bonchev–Trinajstić information content (AvgIpc) is 3.35. The summed E-state index contributed by atoms with van der Waals surface area (Å²) in [6.45, 7) is 0. The summed E-state index contributed by atoms with van der Waals surface area (Å²) < 4.78 is 81.9. The second-order valence-corrected chi connectivity index (χ2v) is 8.48. The fraction of sp³-hybridized carbons (Fsp3) is 0.0833. The summed E-state index contributed by atoms with van der Waals surface area (Å²) in [5.41, 5.74) is 2.82. The Labute approximate surface area is 227 Å². The molecule has 1 aromatic heterocycles. The zero-order valence-electron chi connectivity index (χ0n) is 19.3. The number of ether oxygens (including phenoxy) is 1. The Hall–Kier alpha value is -4.17. The molecule has 0 saturated carbocycles. The first-order chi connectivity index (χ1) is 18.4. The molecule has 4 rings (SSSR count). The highest BCUT2D eigenvalue weighted by Crippen LogP contribution is 2.38. The highest BCUT2D eigenvalue weighted by Gasteiger charge is 2.34. The number of aromatic nitrogens is 3. The van der Waals surface area contributed by atoms with Gasteiger partial charge in [0.15, 0.2) is 10.9 Å². The summed E-state index contributed by atoms with van der Waals surface area (Å²) in [5, 5.41) is 10.3. The van der Waals surface area contributed by atoms with Crippen LogP contribution >= 0.6 is 23.8 Å². The van der Waals surface area contributed by atoms with Gasteiger partial charge in [-0.15, -0.1) is 18.3 Å². The molecule has 0 atom stereocenters. The van der Waals surface area contributed by atoms with E-state index in [9.17, 15) is 26.3 Å². The van der Waals surface area contributed by atoms with Crippen molar-refractivity contribution in [2.75, 3.05) is 5.32 Å². The van der Waals surface area contributed by atoms with E-state index in [0.29, 0.717) is 22.6 Å². The molecule has 0 bridgehead atoms. The lowest BCUT2D eigenvalue weighted by molar-refractivity contribution is -0.274. The highest BCUT2D eigenvalue weighted by molar-refractivity contribution is 7.80. The highest BCUT2D eigenvalue weighted by atomic mass is 35.5. The van der Waals surface area contributed by atoms with Gasteiger partial charge in [-0.25, -0.2) is 9.67 Å². The molecule has 0 radical (unpaired) electrons. The van der Waals surface area contributed by atoms with Crippen molar-refractivity contribution in [3.8, 4) is 22.8 Å². The molecular weight excluding hydrogens is 570 g/mol. The van der Waals surface area contributed by atoms with Crippen LogP contribution in [0.15, 0.2) is 78.2 Å². The van der Waals surface area contributed by atoms with Gasteiger partial charge in [0.25, 0.3) is 0 Å². The van der Waals surface area contributed by atoms with Crippen LogP contribution in [0.4, 0.5) is 32.0 Å². The fourth-order valence-electron chi connectivity index (χ4n) is 3.23. The first-order valence-electron chi connectivity index (χ1n) is 10.7. The van der Waals surface area contributed by atoms with Crippen LogP contribution in [0.1, 0.15) is 11.1 Å². The molecule has 0 aliphatic rings. The summed E-state index contributed by atoms with van der Waals surface area (Å²) in [6.07, 6.45) is -6.61. The van der Waals surface area contributed by atoms with Gasteiger partial charge >= 0.3 is 12.5 Å². The zero-order valence-corrected chi connectivity index (χ0v) is 20.8. The zero-order chi connectivity index (χ0) is 28.2. The van der Waals surface area contributed by atoms with Crippen LogP contribution in [0.5, 0.6) is 5.75 Å². The Morgan fingerprint density at radius 2 is 1.67 bits per heavy atom. The van der Waals surface area contributed by atoms with E-state index in [1.807, 2.05) is 0 Å². The van der Waals surface area contributed by atoms with E-state index >= 15 is 0 Å². The molecule has 2 N–H and O–H groups in total. The molecule has 0 fully saturated rings. The molecule has 0 unspecified atom stereocenters. The number of hydrogen-bond donors (Lipinski definition) is 2. The number of thiocarbonyl (C=S) groups is 1. The largest absolute Gasteiger partial charge is 0.573 e. The van der Waals surface area contributed by atoms with E-state index in [2.05, 4.69) is 30.7 Å². The molecule has 3 aromatic carbocycles. The molecule has 0 aliphatic carbocycles. The molecule has 0 saturated heterocycles. The molecule has 4 aromatic rings. The van der Waals surface area contributed by atoms with Crippen LogP contribution in [0.2, 0.25) is 5.02 Å². The maximum absolute atomic E-state index is 13.2. The predicted molar refractivity (Wildman–Crippen MR) is 137 cm³/mol. The van der Waals surface area contributed by atoms with E-state index in [1.165, 1.54) is 41.5 Å². The molecule has 1 heterocycles. The first-order valence-corrected chi connectivity index (χ1v) is 11.5. The minimum Gasteiger partial charge on any atom is -0.406 e. The lowest BCUT2D eigenvalue weighted by Gasteiger charge is -2.15. The standard InChI is InChI=1S/C24H15ClF6N6OS/c25-19-3-1-2-18(23(26,27)28)20(19)34-22(39)35-33-12-14-4-6-15(7-5-14)21-32-13-37(36-21)16-8-10-17(11-9-16)38-24(29,30)31/h1-13H,(H2,34,35,39). The van der Waals surface area contributed by atoms with Crippen LogP contribution in [0.3, 0.4) is 0 Å². The first kappa shape index (κ1) is 27.9. The van der Waals surface area contributed by atoms with Crippen molar-refractivity contribution in [2.45, 2.75) is 12.5 Å². The Morgan fingerprint density at radius 1 is 0.974 bits per heavy atom. The number of rotatable bonds is 6. The molecule has 0 amide bonds.